The maximum atomic E-state index is 13.1. The normalized spacial score (nSPS) is 12.4. The molecule has 17 heavy (non-hydrogen) atoms. The summed E-state index contributed by atoms with van der Waals surface area (Å²) in [6, 6.07) is 14.5. The van der Waals surface area contributed by atoms with E-state index in [0.29, 0.717) is 0 Å². The molecule has 0 fully saturated rings. The van der Waals surface area contributed by atoms with E-state index in [1.807, 2.05) is 37.3 Å². The summed E-state index contributed by atoms with van der Waals surface area (Å²) in [4.78, 5) is 0. The van der Waals surface area contributed by atoms with Crippen LogP contribution in [0, 0.1) is 12.7 Å². The molecule has 1 unspecified atom stereocenters. The Morgan fingerprint density at radius 2 is 1.82 bits per heavy atom. The van der Waals surface area contributed by atoms with Crippen molar-refractivity contribution in [3.05, 3.63) is 71.0 Å². The Balaban J connectivity index is 2.42. The van der Waals surface area contributed by atoms with E-state index >= 15 is 0 Å². The zero-order chi connectivity index (χ0) is 12.3. The van der Waals surface area contributed by atoms with Crippen molar-refractivity contribution in [1.29, 1.82) is 0 Å². The van der Waals surface area contributed by atoms with Gasteiger partial charge in [-0.2, -0.15) is 0 Å². The molecule has 0 radical (unpaired) electrons. The zero-order valence-corrected chi connectivity index (χ0v) is 9.65. The van der Waals surface area contributed by atoms with Crippen molar-refractivity contribution in [2.45, 2.75) is 13.0 Å². The summed E-state index contributed by atoms with van der Waals surface area (Å²) in [7, 11) is 0. The first-order valence-electron chi connectivity index (χ1n) is 5.49. The van der Waals surface area contributed by atoms with Gasteiger partial charge in [0.15, 0.2) is 0 Å². The van der Waals surface area contributed by atoms with E-state index in [2.05, 4.69) is 5.43 Å². The minimum atomic E-state index is -0.227. The van der Waals surface area contributed by atoms with Crippen molar-refractivity contribution in [2.24, 2.45) is 5.84 Å². The fourth-order valence-corrected chi connectivity index (χ4v) is 1.97. The van der Waals surface area contributed by atoms with Gasteiger partial charge in [-0.3, -0.25) is 5.84 Å². The molecule has 0 heterocycles. The van der Waals surface area contributed by atoms with Crippen LogP contribution in [0.1, 0.15) is 22.7 Å². The van der Waals surface area contributed by atoms with Gasteiger partial charge in [0.25, 0.3) is 0 Å². The third-order valence-electron chi connectivity index (χ3n) is 2.84. The van der Waals surface area contributed by atoms with E-state index in [1.54, 1.807) is 6.07 Å². The van der Waals surface area contributed by atoms with Crippen LogP contribution in [-0.2, 0) is 0 Å². The third kappa shape index (κ3) is 2.52. The van der Waals surface area contributed by atoms with Crippen LogP contribution in [-0.4, -0.2) is 0 Å². The van der Waals surface area contributed by atoms with Gasteiger partial charge < -0.3 is 0 Å². The van der Waals surface area contributed by atoms with Crippen molar-refractivity contribution in [1.82, 2.24) is 5.43 Å². The molecular weight excluding hydrogens is 215 g/mol. The Kier molecular flexibility index (Phi) is 3.52. The van der Waals surface area contributed by atoms with Crippen LogP contribution in [0.2, 0.25) is 0 Å². The Morgan fingerprint density at radius 1 is 1.12 bits per heavy atom. The second-order valence-electron chi connectivity index (χ2n) is 4.01. The van der Waals surface area contributed by atoms with Gasteiger partial charge in [-0.05, 0) is 35.7 Å². The topological polar surface area (TPSA) is 38.0 Å². The third-order valence-corrected chi connectivity index (χ3v) is 2.84. The molecule has 2 aromatic rings. The number of aryl methyl sites for hydroxylation is 1. The Morgan fingerprint density at radius 3 is 2.41 bits per heavy atom. The molecule has 0 saturated carbocycles. The van der Waals surface area contributed by atoms with E-state index in [0.717, 1.165) is 16.7 Å². The van der Waals surface area contributed by atoms with Crippen LogP contribution >= 0.6 is 0 Å². The summed E-state index contributed by atoms with van der Waals surface area (Å²) >= 11 is 0. The predicted octanol–water partition coefficient (Wildman–Crippen LogP) is 2.69. The SMILES string of the molecule is Cc1cc(F)ccc1C(NN)c1ccccc1. The average Bonchev–Trinajstić information content (AvgIpc) is 2.34. The molecule has 1 atom stereocenters. The van der Waals surface area contributed by atoms with E-state index in [1.165, 1.54) is 12.1 Å². The highest BCUT2D eigenvalue weighted by molar-refractivity contribution is 5.36. The smallest absolute Gasteiger partial charge is 0.123 e. The summed E-state index contributed by atoms with van der Waals surface area (Å²) < 4.78 is 13.1. The average molecular weight is 230 g/mol. The number of nitrogens with one attached hydrogen (secondary N) is 1. The molecular formula is C14H15FN2. The summed E-state index contributed by atoms with van der Waals surface area (Å²) in [5, 5.41) is 0. The molecule has 2 rings (SSSR count). The number of rotatable bonds is 3. The Hall–Kier alpha value is -1.71. The lowest BCUT2D eigenvalue weighted by molar-refractivity contribution is 0.612. The molecule has 2 aromatic carbocycles. The number of benzene rings is 2. The molecule has 2 nitrogen and oxygen atoms in total. The van der Waals surface area contributed by atoms with Crippen LogP contribution in [0.15, 0.2) is 48.5 Å². The second kappa shape index (κ2) is 5.08. The lowest BCUT2D eigenvalue weighted by Gasteiger charge is -2.19. The molecule has 0 aromatic heterocycles. The van der Waals surface area contributed by atoms with E-state index in [-0.39, 0.29) is 11.9 Å². The molecule has 0 bridgehead atoms. The number of nitrogens with two attached hydrogens (primary N) is 1. The monoisotopic (exact) mass is 230 g/mol. The quantitative estimate of drug-likeness (QED) is 0.628. The maximum absolute atomic E-state index is 13.1. The molecule has 0 saturated heterocycles. The predicted molar refractivity (Wildman–Crippen MR) is 66.7 cm³/mol. The van der Waals surface area contributed by atoms with Crippen molar-refractivity contribution in [3.8, 4) is 0 Å². The lowest BCUT2D eigenvalue weighted by atomic mass is 9.95. The summed E-state index contributed by atoms with van der Waals surface area (Å²) in [5.41, 5.74) is 5.70. The summed E-state index contributed by atoms with van der Waals surface area (Å²) in [5.74, 6) is 5.37. The van der Waals surface area contributed by atoms with Crippen LogP contribution in [0.4, 0.5) is 4.39 Å². The molecule has 0 amide bonds. The van der Waals surface area contributed by atoms with Gasteiger partial charge in [0, 0.05) is 0 Å². The Bertz CT molecular complexity index is 497. The minimum absolute atomic E-state index is 0.114. The minimum Gasteiger partial charge on any atom is -0.271 e. The van der Waals surface area contributed by atoms with Gasteiger partial charge in [-0.1, -0.05) is 36.4 Å². The molecule has 0 aliphatic rings. The molecule has 3 N–H and O–H groups in total. The van der Waals surface area contributed by atoms with E-state index in [4.69, 9.17) is 5.84 Å². The van der Waals surface area contributed by atoms with Gasteiger partial charge >= 0.3 is 0 Å². The first-order valence-corrected chi connectivity index (χ1v) is 5.49. The standard InChI is InChI=1S/C14H15FN2/c1-10-9-12(15)7-8-13(10)14(17-16)11-5-3-2-4-6-11/h2-9,14,17H,16H2,1H3. The van der Waals surface area contributed by atoms with E-state index in [9.17, 15) is 4.39 Å². The first kappa shape index (κ1) is 11.8. The van der Waals surface area contributed by atoms with Crippen molar-refractivity contribution in [3.63, 3.8) is 0 Å². The van der Waals surface area contributed by atoms with Crippen LogP contribution in [0.3, 0.4) is 0 Å². The largest absolute Gasteiger partial charge is 0.271 e. The fraction of sp³-hybridized carbons (Fsp3) is 0.143. The Labute approximate surface area is 100 Å². The molecule has 88 valence electrons. The highest BCUT2D eigenvalue weighted by Crippen LogP contribution is 2.24. The van der Waals surface area contributed by atoms with Gasteiger partial charge in [0.1, 0.15) is 5.82 Å². The molecule has 0 aliphatic carbocycles. The number of hydrogen-bond donors (Lipinski definition) is 2. The van der Waals surface area contributed by atoms with Gasteiger partial charge in [-0.15, -0.1) is 0 Å². The second-order valence-corrected chi connectivity index (χ2v) is 4.01. The molecule has 3 heteroatoms. The number of hydrogen-bond acceptors (Lipinski definition) is 2. The van der Waals surface area contributed by atoms with Gasteiger partial charge in [0.05, 0.1) is 6.04 Å². The van der Waals surface area contributed by atoms with Crippen LogP contribution in [0.5, 0.6) is 0 Å². The molecule has 0 aliphatic heterocycles. The van der Waals surface area contributed by atoms with Crippen molar-refractivity contribution < 1.29 is 4.39 Å². The van der Waals surface area contributed by atoms with Crippen molar-refractivity contribution >= 4 is 0 Å². The number of hydrazine groups is 1. The number of halogens is 1. The fourth-order valence-electron chi connectivity index (χ4n) is 1.97. The van der Waals surface area contributed by atoms with Crippen LogP contribution in [0.25, 0.3) is 0 Å². The zero-order valence-electron chi connectivity index (χ0n) is 9.65. The van der Waals surface area contributed by atoms with E-state index < -0.39 is 0 Å². The first-order chi connectivity index (χ1) is 8.22. The lowest BCUT2D eigenvalue weighted by Crippen LogP contribution is -2.29. The van der Waals surface area contributed by atoms with Crippen molar-refractivity contribution in [2.75, 3.05) is 0 Å². The highest BCUT2D eigenvalue weighted by atomic mass is 19.1. The molecule has 0 spiro atoms. The van der Waals surface area contributed by atoms with Gasteiger partial charge in [-0.25, -0.2) is 9.82 Å². The summed E-state index contributed by atoms with van der Waals surface area (Å²) in [6.07, 6.45) is 0. The van der Waals surface area contributed by atoms with Crippen LogP contribution < -0.4 is 11.3 Å². The summed E-state index contributed by atoms with van der Waals surface area (Å²) in [6.45, 7) is 1.88. The highest BCUT2D eigenvalue weighted by Gasteiger charge is 2.14. The maximum Gasteiger partial charge on any atom is 0.123 e. The van der Waals surface area contributed by atoms with Gasteiger partial charge in [0.2, 0.25) is 0 Å².